The van der Waals surface area contributed by atoms with Crippen LogP contribution in [-0.4, -0.2) is 70.2 Å². The molecule has 3 rings (SSSR count). The minimum absolute atomic E-state index is 0.112. The Bertz CT molecular complexity index is 1250. The molecule has 36 heavy (non-hydrogen) atoms. The Balaban J connectivity index is 2.00. The van der Waals surface area contributed by atoms with Gasteiger partial charge in [-0.1, -0.05) is 23.2 Å². The van der Waals surface area contributed by atoms with Crippen LogP contribution in [0.2, 0.25) is 10.0 Å². The van der Waals surface area contributed by atoms with Crippen LogP contribution in [0.25, 0.3) is 0 Å². The number of hydrogen-bond donors (Lipinski definition) is 0. The van der Waals surface area contributed by atoms with E-state index in [2.05, 4.69) is 0 Å². The van der Waals surface area contributed by atoms with Crippen molar-refractivity contribution in [1.82, 2.24) is 4.31 Å². The van der Waals surface area contributed by atoms with Crippen LogP contribution < -0.4 is 4.90 Å². The Hall–Kier alpha value is -2.54. The third-order valence-corrected chi connectivity index (χ3v) is 8.03. The van der Waals surface area contributed by atoms with Crippen molar-refractivity contribution in [2.45, 2.75) is 30.6 Å². The molecule has 1 heterocycles. The lowest BCUT2D eigenvalue weighted by atomic mass is 10.2. The fourth-order valence-electron chi connectivity index (χ4n) is 3.66. The number of imide groups is 1. The molecule has 0 bridgehead atoms. The number of methoxy groups -OCH3 is 2. The molecule has 10 nitrogen and oxygen atoms in total. The van der Waals surface area contributed by atoms with Gasteiger partial charge in [0.05, 0.1) is 35.8 Å². The lowest BCUT2D eigenvalue weighted by Crippen LogP contribution is -2.49. The Kier molecular flexibility index (Phi) is 9.09. The molecular weight excluding hydrogens is 535 g/mol. The number of ether oxygens (including phenoxy) is 3. The summed E-state index contributed by atoms with van der Waals surface area (Å²) in [7, 11) is -1.82. The van der Waals surface area contributed by atoms with Crippen molar-refractivity contribution in [3.63, 3.8) is 0 Å². The van der Waals surface area contributed by atoms with Gasteiger partial charge in [-0.25, -0.2) is 18.1 Å². The number of sulfonamides is 1. The average Bonchev–Trinajstić information content (AvgIpc) is 3.14. The molecule has 1 aliphatic heterocycles. The molecule has 194 valence electrons. The van der Waals surface area contributed by atoms with Crippen molar-refractivity contribution in [2.75, 3.05) is 32.3 Å². The molecule has 0 aliphatic carbocycles. The largest absolute Gasteiger partial charge is 0.462 e. The van der Waals surface area contributed by atoms with Crippen LogP contribution in [0.15, 0.2) is 47.4 Å². The van der Waals surface area contributed by atoms with Gasteiger partial charge in [0.25, 0.3) is 5.91 Å². The summed E-state index contributed by atoms with van der Waals surface area (Å²) in [4.78, 5) is 38.8. The number of hydrogen-bond acceptors (Lipinski definition) is 8. The summed E-state index contributed by atoms with van der Waals surface area (Å²) < 4.78 is 43.4. The average molecular weight is 559 g/mol. The summed E-state index contributed by atoms with van der Waals surface area (Å²) >= 11 is 12.2. The van der Waals surface area contributed by atoms with E-state index in [0.29, 0.717) is 0 Å². The zero-order valence-corrected chi connectivity index (χ0v) is 22.0. The van der Waals surface area contributed by atoms with E-state index in [1.807, 2.05) is 0 Å². The maximum absolute atomic E-state index is 13.7. The minimum Gasteiger partial charge on any atom is -0.462 e. The lowest BCUT2D eigenvalue weighted by Gasteiger charge is -2.29. The van der Waals surface area contributed by atoms with E-state index in [1.54, 1.807) is 6.92 Å². The van der Waals surface area contributed by atoms with Crippen LogP contribution in [0.4, 0.5) is 5.69 Å². The third-order valence-electron chi connectivity index (χ3n) is 5.44. The zero-order valence-electron chi connectivity index (χ0n) is 19.6. The molecule has 0 spiro atoms. The van der Waals surface area contributed by atoms with Crippen LogP contribution in [0.1, 0.15) is 23.7 Å². The fourth-order valence-corrected chi connectivity index (χ4v) is 5.97. The molecular formula is C23H24Cl2N2O8S. The summed E-state index contributed by atoms with van der Waals surface area (Å²) in [6.45, 7) is 1.45. The quantitative estimate of drug-likeness (QED) is 0.248. The normalized spacial score (nSPS) is 16.3. The lowest BCUT2D eigenvalue weighted by molar-refractivity contribution is -0.125. The summed E-state index contributed by atoms with van der Waals surface area (Å²) in [6, 6.07) is 8.13. The first kappa shape index (κ1) is 28.0. The molecule has 1 unspecified atom stereocenters. The van der Waals surface area contributed by atoms with E-state index in [0.717, 1.165) is 15.3 Å². The highest BCUT2D eigenvalue weighted by Gasteiger charge is 2.48. The van der Waals surface area contributed by atoms with E-state index in [4.69, 9.17) is 37.4 Å². The van der Waals surface area contributed by atoms with Crippen LogP contribution in [-0.2, 0) is 33.8 Å². The Labute approximate surface area is 218 Å². The number of benzene rings is 2. The van der Waals surface area contributed by atoms with E-state index in [-0.39, 0.29) is 32.8 Å². The molecule has 0 N–H and O–H groups in total. The van der Waals surface area contributed by atoms with Crippen molar-refractivity contribution in [1.29, 1.82) is 0 Å². The van der Waals surface area contributed by atoms with E-state index in [1.165, 1.54) is 50.6 Å². The predicted molar refractivity (Wildman–Crippen MR) is 131 cm³/mol. The Morgan fingerprint density at radius 2 is 1.75 bits per heavy atom. The SMILES string of the molecule is CCOC(=O)c1ccc(N2C(=O)CC(N(CC(OC)OC)S(=O)(=O)c3cc(Cl)ccc3Cl)C2=O)cc1. The highest BCUT2D eigenvalue weighted by molar-refractivity contribution is 7.89. The molecule has 1 atom stereocenters. The van der Waals surface area contributed by atoms with Crippen molar-refractivity contribution >= 4 is 56.7 Å². The van der Waals surface area contributed by atoms with E-state index >= 15 is 0 Å². The number of esters is 1. The van der Waals surface area contributed by atoms with Gasteiger partial charge in [-0.15, -0.1) is 0 Å². The third kappa shape index (κ3) is 5.72. The number of rotatable bonds is 10. The number of amides is 2. The van der Waals surface area contributed by atoms with Gasteiger partial charge in [-0.05, 0) is 49.4 Å². The maximum atomic E-state index is 13.7. The van der Waals surface area contributed by atoms with Gasteiger partial charge in [-0.2, -0.15) is 4.31 Å². The smallest absolute Gasteiger partial charge is 0.338 e. The second-order valence-electron chi connectivity index (χ2n) is 7.61. The van der Waals surface area contributed by atoms with Crippen LogP contribution in [0, 0.1) is 0 Å². The van der Waals surface area contributed by atoms with Gasteiger partial charge in [0.1, 0.15) is 10.9 Å². The van der Waals surface area contributed by atoms with Crippen molar-refractivity contribution in [3.8, 4) is 0 Å². The van der Waals surface area contributed by atoms with Crippen molar-refractivity contribution in [2.24, 2.45) is 0 Å². The number of carbonyl (C=O) groups excluding carboxylic acids is 3. The van der Waals surface area contributed by atoms with Gasteiger partial charge in [0, 0.05) is 19.2 Å². The second-order valence-corrected chi connectivity index (χ2v) is 10.3. The van der Waals surface area contributed by atoms with Gasteiger partial charge < -0.3 is 14.2 Å². The topological polar surface area (TPSA) is 120 Å². The van der Waals surface area contributed by atoms with E-state index < -0.39 is 53.1 Å². The molecule has 0 aromatic heterocycles. The number of halogens is 2. The second kappa shape index (κ2) is 11.7. The van der Waals surface area contributed by atoms with Gasteiger partial charge in [-0.3, -0.25) is 9.59 Å². The summed E-state index contributed by atoms with van der Waals surface area (Å²) in [5.41, 5.74) is 0.410. The molecule has 2 aromatic rings. The number of anilines is 1. The highest BCUT2D eigenvalue weighted by atomic mass is 35.5. The maximum Gasteiger partial charge on any atom is 0.338 e. The molecule has 1 fully saturated rings. The molecule has 2 aromatic carbocycles. The summed E-state index contributed by atoms with van der Waals surface area (Å²) in [5.74, 6) is -1.96. The van der Waals surface area contributed by atoms with Gasteiger partial charge >= 0.3 is 5.97 Å². The van der Waals surface area contributed by atoms with Crippen LogP contribution in [0.3, 0.4) is 0 Å². The van der Waals surface area contributed by atoms with Gasteiger partial charge in [0.15, 0.2) is 6.29 Å². The molecule has 1 aliphatic rings. The fraction of sp³-hybridized carbons (Fsp3) is 0.348. The summed E-state index contributed by atoms with van der Waals surface area (Å²) in [6.07, 6.45) is -1.48. The van der Waals surface area contributed by atoms with Gasteiger partial charge in [0.2, 0.25) is 15.9 Å². The predicted octanol–water partition coefficient (Wildman–Crippen LogP) is 3.11. The zero-order chi connectivity index (χ0) is 26.6. The van der Waals surface area contributed by atoms with Crippen LogP contribution >= 0.6 is 23.2 Å². The molecule has 13 heteroatoms. The van der Waals surface area contributed by atoms with Crippen molar-refractivity contribution in [3.05, 3.63) is 58.1 Å². The van der Waals surface area contributed by atoms with E-state index in [9.17, 15) is 22.8 Å². The van der Waals surface area contributed by atoms with Crippen molar-refractivity contribution < 1.29 is 37.0 Å². The highest BCUT2D eigenvalue weighted by Crippen LogP contribution is 2.33. The molecule has 1 saturated heterocycles. The van der Waals surface area contributed by atoms with Crippen LogP contribution in [0.5, 0.6) is 0 Å². The first-order chi connectivity index (χ1) is 17.0. The monoisotopic (exact) mass is 558 g/mol. The molecule has 2 amide bonds. The molecule has 0 saturated carbocycles. The molecule has 0 radical (unpaired) electrons. The number of carbonyl (C=O) groups is 3. The summed E-state index contributed by atoms with van der Waals surface area (Å²) in [5, 5.41) is 0.00376. The Morgan fingerprint density at radius 3 is 2.33 bits per heavy atom. The Morgan fingerprint density at radius 1 is 1.11 bits per heavy atom. The first-order valence-corrected chi connectivity index (χ1v) is 12.9. The standard InChI is InChI=1S/C23H24Cl2N2O8S/c1-4-35-23(30)14-5-8-16(9-6-14)27-20(28)12-18(22(27)29)26(13-21(33-2)34-3)36(31,32)19-11-15(24)7-10-17(19)25/h5-11,18,21H,4,12-13H2,1-3H3. The first-order valence-electron chi connectivity index (χ1n) is 10.7. The minimum atomic E-state index is -4.44. The number of nitrogens with zero attached hydrogens (tertiary/aromatic N) is 2.